The third-order valence-electron chi connectivity index (χ3n) is 4.52. The molecule has 0 aliphatic carbocycles. The lowest BCUT2D eigenvalue weighted by Gasteiger charge is -2.23. The molecule has 0 bridgehead atoms. The lowest BCUT2D eigenvalue weighted by atomic mass is 10.1. The average Bonchev–Trinajstić information content (AvgIpc) is 3.17. The molecule has 0 aromatic carbocycles. The standard InChI is InChI=1S/C21H36O6/c1-3-5-7-9-11-13-15-24-19(22)21(26-17-18-27-21)20(23)25-16-14-12-10-8-6-4-2/h17-18H,3-16H2,1-2H3. The van der Waals surface area contributed by atoms with Crippen LogP contribution in [0.3, 0.4) is 0 Å². The molecule has 0 atom stereocenters. The van der Waals surface area contributed by atoms with Crippen LogP contribution in [0.5, 0.6) is 0 Å². The monoisotopic (exact) mass is 384 g/mol. The number of ether oxygens (including phenoxy) is 4. The number of rotatable bonds is 16. The van der Waals surface area contributed by atoms with Gasteiger partial charge in [0, 0.05) is 0 Å². The van der Waals surface area contributed by atoms with Crippen LogP contribution in [-0.4, -0.2) is 30.9 Å². The van der Waals surface area contributed by atoms with E-state index < -0.39 is 17.7 Å². The number of hydrogen-bond acceptors (Lipinski definition) is 6. The van der Waals surface area contributed by atoms with Crippen LogP contribution in [0.1, 0.15) is 90.9 Å². The smallest absolute Gasteiger partial charge is 0.452 e. The second-order valence-electron chi connectivity index (χ2n) is 6.93. The zero-order valence-corrected chi connectivity index (χ0v) is 17.0. The lowest BCUT2D eigenvalue weighted by Crippen LogP contribution is -2.50. The van der Waals surface area contributed by atoms with Crippen LogP contribution in [0, 0.1) is 0 Å². The van der Waals surface area contributed by atoms with E-state index >= 15 is 0 Å². The van der Waals surface area contributed by atoms with E-state index in [1.807, 2.05) is 0 Å². The number of carbonyl (C=O) groups excluding carboxylic acids is 2. The highest BCUT2D eigenvalue weighted by atomic mass is 16.8. The molecule has 0 aromatic rings. The van der Waals surface area contributed by atoms with E-state index in [1.165, 1.54) is 38.5 Å². The molecule has 6 nitrogen and oxygen atoms in total. The Morgan fingerprint density at radius 3 is 1.44 bits per heavy atom. The fraction of sp³-hybridized carbons (Fsp3) is 0.810. The Bertz CT molecular complexity index is 406. The van der Waals surface area contributed by atoms with Gasteiger partial charge in [-0.2, -0.15) is 0 Å². The predicted octanol–water partition coefficient (Wildman–Crippen LogP) is 5.01. The molecule has 0 aromatic heterocycles. The van der Waals surface area contributed by atoms with Gasteiger partial charge in [0.25, 0.3) is 0 Å². The maximum absolute atomic E-state index is 12.3. The Labute approximate surface area is 163 Å². The van der Waals surface area contributed by atoms with Crippen molar-refractivity contribution in [2.75, 3.05) is 13.2 Å². The van der Waals surface area contributed by atoms with Crippen molar-refractivity contribution in [3.63, 3.8) is 0 Å². The van der Waals surface area contributed by atoms with Crippen LogP contribution in [0.4, 0.5) is 0 Å². The summed E-state index contributed by atoms with van der Waals surface area (Å²) in [5.74, 6) is -3.84. The zero-order chi connectivity index (χ0) is 19.8. The molecule has 0 unspecified atom stereocenters. The van der Waals surface area contributed by atoms with Gasteiger partial charge in [0.2, 0.25) is 0 Å². The molecule has 1 aliphatic heterocycles. The first-order chi connectivity index (χ1) is 13.2. The van der Waals surface area contributed by atoms with E-state index in [4.69, 9.17) is 18.9 Å². The van der Waals surface area contributed by atoms with Gasteiger partial charge in [0.15, 0.2) is 0 Å². The normalized spacial score (nSPS) is 14.4. The van der Waals surface area contributed by atoms with E-state index in [-0.39, 0.29) is 13.2 Å². The topological polar surface area (TPSA) is 71.1 Å². The van der Waals surface area contributed by atoms with Crippen molar-refractivity contribution in [2.45, 2.75) is 96.7 Å². The Morgan fingerprint density at radius 1 is 0.667 bits per heavy atom. The second-order valence-corrected chi connectivity index (χ2v) is 6.93. The molecule has 0 fully saturated rings. The molecule has 156 valence electrons. The summed E-state index contributed by atoms with van der Waals surface area (Å²) in [5.41, 5.74) is 0. The van der Waals surface area contributed by atoms with Gasteiger partial charge < -0.3 is 18.9 Å². The molecule has 6 heteroatoms. The Morgan fingerprint density at radius 2 is 1.04 bits per heavy atom. The minimum Gasteiger partial charge on any atom is -0.459 e. The van der Waals surface area contributed by atoms with Gasteiger partial charge in [-0.25, -0.2) is 9.59 Å². The van der Waals surface area contributed by atoms with Crippen LogP contribution >= 0.6 is 0 Å². The largest absolute Gasteiger partial charge is 0.459 e. The molecule has 27 heavy (non-hydrogen) atoms. The number of carbonyl (C=O) groups is 2. The molecule has 0 radical (unpaired) electrons. The quantitative estimate of drug-likeness (QED) is 0.212. The van der Waals surface area contributed by atoms with E-state index in [9.17, 15) is 9.59 Å². The van der Waals surface area contributed by atoms with Gasteiger partial charge >= 0.3 is 17.7 Å². The first-order valence-corrected chi connectivity index (χ1v) is 10.5. The molecular formula is C21H36O6. The third kappa shape index (κ3) is 8.67. The summed E-state index contributed by atoms with van der Waals surface area (Å²) in [5, 5.41) is 0. The summed E-state index contributed by atoms with van der Waals surface area (Å²) in [4.78, 5) is 24.7. The van der Waals surface area contributed by atoms with Gasteiger partial charge in [-0.1, -0.05) is 78.1 Å². The first kappa shape index (κ1) is 23.3. The summed E-state index contributed by atoms with van der Waals surface area (Å²) in [7, 11) is 0. The molecule has 1 rings (SSSR count). The molecule has 1 heterocycles. The summed E-state index contributed by atoms with van der Waals surface area (Å²) in [6, 6.07) is 0. The number of hydrogen-bond donors (Lipinski definition) is 0. The van der Waals surface area contributed by atoms with E-state index in [1.54, 1.807) is 0 Å². The van der Waals surface area contributed by atoms with Crippen molar-refractivity contribution in [1.29, 1.82) is 0 Å². The summed E-state index contributed by atoms with van der Waals surface area (Å²) in [6.45, 7) is 4.82. The summed E-state index contributed by atoms with van der Waals surface area (Å²) in [6.07, 6.45) is 15.3. The van der Waals surface area contributed by atoms with Gasteiger partial charge in [0.05, 0.1) is 13.2 Å². The minimum absolute atomic E-state index is 0.240. The van der Waals surface area contributed by atoms with Crippen LogP contribution in [0.15, 0.2) is 12.5 Å². The minimum atomic E-state index is -2.13. The van der Waals surface area contributed by atoms with Gasteiger partial charge in [-0.3, -0.25) is 0 Å². The Kier molecular flexibility index (Phi) is 12.4. The maximum atomic E-state index is 12.3. The lowest BCUT2D eigenvalue weighted by molar-refractivity contribution is -0.217. The highest BCUT2D eigenvalue weighted by Gasteiger charge is 2.56. The van der Waals surface area contributed by atoms with Crippen molar-refractivity contribution in [3.8, 4) is 0 Å². The highest BCUT2D eigenvalue weighted by Crippen LogP contribution is 2.24. The van der Waals surface area contributed by atoms with Gasteiger partial charge in [-0.15, -0.1) is 0 Å². The van der Waals surface area contributed by atoms with Crippen molar-refractivity contribution in [3.05, 3.63) is 12.5 Å². The predicted molar refractivity (Wildman–Crippen MR) is 103 cm³/mol. The van der Waals surface area contributed by atoms with Gasteiger partial charge in [-0.05, 0) is 12.8 Å². The molecule has 1 aliphatic rings. The van der Waals surface area contributed by atoms with E-state index in [0.717, 1.165) is 51.0 Å². The zero-order valence-electron chi connectivity index (χ0n) is 17.0. The van der Waals surface area contributed by atoms with Crippen LogP contribution < -0.4 is 0 Å². The van der Waals surface area contributed by atoms with Crippen molar-refractivity contribution in [2.24, 2.45) is 0 Å². The maximum Gasteiger partial charge on any atom is 0.452 e. The summed E-state index contributed by atoms with van der Waals surface area (Å²) >= 11 is 0. The number of esters is 2. The van der Waals surface area contributed by atoms with E-state index in [2.05, 4.69) is 13.8 Å². The van der Waals surface area contributed by atoms with Gasteiger partial charge in [0.1, 0.15) is 12.5 Å². The third-order valence-corrected chi connectivity index (χ3v) is 4.52. The van der Waals surface area contributed by atoms with E-state index in [0.29, 0.717) is 0 Å². The highest BCUT2D eigenvalue weighted by molar-refractivity contribution is 6.02. The van der Waals surface area contributed by atoms with Crippen LogP contribution in [0.25, 0.3) is 0 Å². The fourth-order valence-corrected chi connectivity index (χ4v) is 2.84. The summed E-state index contributed by atoms with van der Waals surface area (Å²) < 4.78 is 20.7. The van der Waals surface area contributed by atoms with Crippen molar-refractivity contribution >= 4 is 11.9 Å². The van der Waals surface area contributed by atoms with Crippen molar-refractivity contribution < 1.29 is 28.5 Å². The molecular weight excluding hydrogens is 348 g/mol. The molecule has 0 amide bonds. The van der Waals surface area contributed by atoms with Crippen LogP contribution in [-0.2, 0) is 28.5 Å². The molecule has 0 spiro atoms. The first-order valence-electron chi connectivity index (χ1n) is 10.5. The number of unbranched alkanes of at least 4 members (excludes halogenated alkanes) is 10. The average molecular weight is 385 g/mol. The second kappa shape index (κ2) is 14.4. The molecule has 0 saturated heterocycles. The Hall–Kier alpha value is -1.72. The molecule has 0 saturated carbocycles. The molecule has 0 N–H and O–H groups in total. The fourth-order valence-electron chi connectivity index (χ4n) is 2.84. The SMILES string of the molecule is CCCCCCCCOC(=O)C1(C(=O)OCCCCCCCC)OC=CO1. The van der Waals surface area contributed by atoms with Crippen molar-refractivity contribution in [1.82, 2.24) is 0 Å². The van der Waals surface area contributed by atoms with Crippen LogP contribution in [0.2, 0.25) is 0 Å². The Balaban J connectivity index is 2.27.